The second-order valence-electron chi connectivity index (χ2n) is 4.56. The molecule has 0 aliphatic rings. The zero-order chi connectivity index (χ0) is 12.3. The van der Waals surface area contributed by atoms with Crippen LogP contribution in [0, 0.1) is 19.8 Å². The number of methoxy groups -OCH3 is 1. The topological polar surface area (TPSA) is 48.1 Å². The van der Waals surface area contributed by atoms with Crippen LogP contribution in [0.25, 0.3) is 0 Å². The summed E-state index contributed by atoms with van der Waals surface area (Å²) in [6.07, 6.45) is 0.903. The molecule has 1 aromatic rings. The van der Waals surface area contributed by atoms with Gasteiger partial charge in [-0.05, 0) is 19.8 Å². The summed E-state index contributed by atoms with van der Waals surface area (Å²) in [7, 11) is 1.73. The smallest absolute Gasteiger partial charge is 0.0947 e. The highest BCUT2D eigenvalue weighted by molar-refractivity contribution is 7.11. The van der Waals surface area contributed by atoms with E-state index in [4.69, 9.17) is 10.5 Å². The molecule has 0 fully saturated rings. The van der Waals surface area contributed by atoms with Crippen molar-refractivity contribution in [3.8, 4) is 0 Å². The second kappa shape index (κ2) is 5.75. The van der Waals surface area contributed by atoms with Gasteiger partial charge in [0.1, 0.15) is 0 Å². The van der Waals surface area contributed by atoms with E-state index in [0.29, 0.717) is 5.92 Å². The number of thiazole rings is 1. The van der Waals surface area contributed by atoms with Gasteiger partial charge in [0.15, 0.2) is 0 Å². The highest BCUT2D eigenvalue weighted by Gasteiger charge is 2.22. The van der Waals surface area contributed by atoms with Crippen molar-refractivity contribution in [2.24, 2.45) is 11.7 Å². The molecule has 0 saturated heterocycles. The lowest BCUT2D eigenvalue weighted by Crippen LogP contribution is -2.41. The molecule has 0 aliphatic heterocycles. The minimum atomic E-state index is 0.0231. The third-order valence-corrected chi connectivity index (χ3v) is 3.93. The molecule has 3 nitrogen and oxygen atoms in total. The van der Waals surface area contributed by atoms with E-state index in [1.807, 2.05) is 6.92 Å². The van der Waals surface area contributed by atoms with E-state index in [1.54, 1.807) is 18.4 Å². The Morgan fingerprint density at radius 3 is 2.38 bits per heavy atom. The summed E-state index contributed by atoms with van der Waals surface area (Å²) in [6, 6.07) is 0.0231. The van der Waals surface area contributed by atoms with E-state index in [9.17, 15) is 0 Å². The number of aryl methyl sites for hydroxylation is 2. The molecule has 16 heavy (non-hydrogen) atoms. The number of nitrogens with two attached hydrogens (primary N) is 1. The van der Waals surface area contributed by atoms with Crippen LogP contribution in [0.5, 0.6) is 0 Å². The molecular weight excluding hydrogens is 220 g/mol. The van der Waals surface area contributed by atoms with Gasteiger partial charge in [-0.1, -0.05) is 13.8 Å². The fourth-order valence-electron chi connectivity index (χ4n) is 1.89. The van der Waals surface area contributed by atoms with E-state index < -0.39 is 0 Å². The molecule has 2 unspecified atom stereocenters. The summed E-state index contributed by atoms with van der Waals surface area (Å²) >= 11 is 1.74. The number of hydrogen-bond acceptors (Lipinski definition) is 4. The third kappa shape index (κ3) is 3.27. The Morgan fingerprint density at radius 2 is 2.00 bits per heavy atom. The van der Waals surface area contributed by atoms with E-state index >= 15 is 0 Å². The molecule has 0 aromatic carbocycles. The molecule has 0 aliphatic carbocycles. The summed E-state index contributed by atoms with van der Waals surface area (Å²) in [5.41, 5.74) is 7.28. The molecule has 0 amide bonds. The zero-order valence-electron chi connectivity index (χ0n) is 10.8. The average molecular weight is 242 g/mol. The van der Waals surface area contributed by atoms with Crippen molar-refractivity contribution >= 4 is 11.3 Å². The van der Waals surface area contributed by atoms with Crippen molar-refractivity contribution in [3.05, 3.63) is 15.6 Å². The van der Waals surface area contributed by atoms with Crippen LogP contribution >= 0.6 is 11.3 Å². The van der Waals surface area contributed by atoms with Gasteiger partial charge in [0.2, 0.25) is 0 Å². The van der Waals surface area contributed by atoms with Gasteiger partial charge >= 0.3 is 0 Å². The van der Waals surface area contributed by atoms with Crippen LogP contribution < -0.4 is 5.73 Å². The molecule has 0 bridgehead atoms. The predicted octanol–water partition coefficient (Wildman–Crippen LogP) is 2.30. The Labute approximate surface area is 102 Å². The molecular formula is C12H22N2OS. The second-order valence-corrected chi connectivity index (χ2v) is 5.85. The molecule has 0 spiro atoms. The number of nitrogens with zero attached hydrogens (tertiary/aromatic N) is 1. The van der Waals surface area contributed by atoms with Crippen LogP contribution in [0.1, 0.15) is 29.4 Å². The first-order valence-electron chi connectivity index (χ1n) is 5.67. The van der Waals surface area contributed by atoms with Gasteiger partial charge in [-0.2, -0.15) is 0 Å². The predicted molar refractivity (Wildman–Crippen MR) is 68.9 cm³/mol. The van der Waals surface area contributed by atoms with Gasteiger partial charge < -0.3 is 10.5 Å². The fourth-order valence-corrected chi connectivity index (χ4v) is 2.89. The van der Waals surface area contributed by atoms with E-state index in [0.717, 1.165) is 17.1 Å². The Kier molecular flexibility index (Phi) is 4.89. The Hall–Kier alpha value is -0.450. The monoisotopic (exact) mass is 242 g/mol. The van der Waals surface area contributed by atoms with Crippen molar-refractivity contribution in [2.45, 2.75) is 46.3 Å². The standard InChI is InChI=1S/C12H22N2OS/c1-7(2)12(15-5)10(13)6-11-14-8(3)9(4)16-11/h7,10,12H,6,13H2,1-5H3. The van der Waals surface area contributed by atoms with Crippen LogP contribution in [-0.4, -0.2) is 24.2 Å². The molecule has 1 aromatic heterocycles. The van der Waals surface area contributed by atoms with Crippen LogP contribution in [0.3, 0.4) is 0 Å². The van der Waals surface area contributed by atoms with Gasteiger partial charge in [-0.15, -0.1) is 11.3 Å². The first-order chi connectivity index (χ1) is 7.45. The summed E-state index contributed by atoms with van der Waals surface area (Å²) in [6.45, 7) is 8.40. The first-order valence-corrected chi connectivity index (χ1v) is 6.48. The van der Waals surface area contributed by atoms with Gasteiger partial charge in [0.05, 0.1) is 16.8 Å². The Bertz CT molecular complexity index is 316. The van der Waals surface area contributed by atoms with Gasteiger partial charge in [-0.3, -0.25) is 0 Å². The molecule has 1 heterocycles. The maximum atomic E-state index is 6.16. The number of aromatic nitrogens is 1. The van der Waals surface area contributed by atoms with Crippen molar-refractivity contribution in [3.63, 3.8) is 0 Å². The van der Waals surface area contributed by atoms with Crippen LogP contribution in [0.15, 0.2) is 0 Å². The van der Waals surface area contributed by atoms with Gasteiger partial charge in [0.25, 0.3) is 0 Å². The SMILES string of the molecule is COC(C(C)C)C(N)Cc1nc(C)c(C)s1. The summed E-state index contributed by atoms with van der Waals surface area (Å²) in [5.74, 6) is 0.433. The lowest BCUT2D eigenvalue weighted by atomic mass is 9.98. The highest BCUT2D eigenvalue weighted by Crippen LogP contribution is 2.20. The summed E-state index contributed by atoms with van der Waals surface area (Å²) < 4.78 is 5.43. The average Bonchev–Trinajstić information content (AvgIpc) is 2.45. The summed E-state index contributed by atoms with van der Waals surface area (Å²) in [5, 5.41) is 1.12. The first kappa shape index (κ1) is 13.6. The molecule has 92 valence electrons. The van der Waals surface area contributed by atoms with Crippen molar-refractivity contribution in [1.29, 1.82) is 0 Å². The largest absolute Gasteiger partial charge is 0.380 e. The van der Waals surface area contributed by atoms with Crippen molar-refractivity contribution < 1.29 is 4.74 Å². The molecule has 4 heteroatoms. The quantitative estimate of drug-likeness (QED) is 0.862. The van der Waals surface area contributed by atoms with Crippen LogP contribution in [-0.2, 0) is 11.2 Å². The molecule has 0 radical (unpaired) electrons. The highest BCUT2D eigenvalue weighted by atomic mass is 32.1. The molecule has 2 N–H and O–H groups in total. The molecule has 0 saturated carbocycles. The van der Waals surface area contributed by atoms with Crippen molar-refractivity contribution in [2.75, 3.05) is 7.11 Å². The van der Waals surface area contributed by atoms with E-state index in [-0.39, 0.29) is 12.1 Å². The molecule has 1 rings (SSSR count). The number of ether oxygens (including phenoxy) is 1. The van der Waals surface area contributed by atoms with Gasteiger partial charge in [0, 0.05) is 24.4 Å². The fraction of sp³-hybridized carbons (Fsp3) is 0.750. The van der Waals surface area contributed by atoms with E-state index in [2.05, 4.69) is 25.8 Å². The molecule has 2 atom stereocenters. The lowest BCUT2D eigenvalue weighted by molar-refractivity contribution is 0.0441. The maximum absolute atomic E-state index is 6.16. The maximum Gasteiger partial charge on any atom is 0.0947 e. The van der Waals surface area contributed by atoms with Gasteiger partial charge in [-0.25, -0.2) is 4.98 Å². The minimum absolute atomic E-state index is 0.0231. The minimum Gasteiger partial charge on any atom is -0.380 e. The Balaban J connectivity index is 2.66. The summed E-state index contributed by atoms with van der Waals surface area (Å²) in [4.78, 5) is 5.79. The third-order valence-electron chi connectivity index (χ3n) is 2.83. The van der Waals surface area contributed by atoms with Crippen LogP contribution in [0.4, 0.5) is 0 Å². The number of rotatable bonds is 5. The lowest BCUT2D eigenvalue weighted by Gasteiger charge is -2.25. The number of hydrogen-bond donors (Lipinski definition) is 1. The van der Waals surface area contributed by atoms with E-state index in [1.165, 1.54) is 4.88 Å². The normalized spacial score (nSPS) is 15.4. The van der Waals surface area contributed by atoms with Crippen LogP contribution in [0.2, 0.25) is 0 Å². The van der Waals surface area contributed by atoms with Crippen molar-refractivity contribution in [1.82, 2.24) is 4.98 Å². The zero-order valence-corrected chi connectivity index (χ0v) is 11.6. The Morgan fingerprint density at radius 1 is 1.38 bits per heavy atom.